The molecule has 0 unspecified atom stereocenters. The van der Waals surface area contributed by atoms with Crippen molar-refractivity contribution in [1.82, 2.24) is 4.90 Å². The molecule has 1 aliphatic carbocycles. The third-order valence-corrected chi connectivity index (χ3v) is 6.47. The molecule has 0 radical (unpaired) electrons. The van der Waals surface area contributed by atoms with Crippen molar-refractivity contribution in [2.75, 3.05) is 7.11 Å². The summed E-state index contributed by atoms with van der Waals surface area (Å²) >= 11 is 3.36. The number of halogens is 1. The summed E-state index contributed by atoms with van der Waals surface area (Å²) in [5, 5.41) is 0. The molecule has 27 heavy (non-hydrogen) atoms. The van der Waals surface area contributed by atoms with Gasteiger partial charge >= 0.3 is 5.97 Å². The molecule has 1 aliphatic heterocycles. The summed E-state index contributed by atoms with van der Waals surface area (Å²) in [5.41, 5.74) is 1.32. The zero-order valence-corrected chi connectivity index (χ0v) is 18.0. The monoisotopic (exact) mass is 434 g/mol. The maximum atomic E-state index is 12.8. The number of benzene rings is 1. The number of carbonyl (C=O) groups is 2. The minimum Gasteiger partial charge on any atom is -0.465 e. The first kappa shape index (κ1) is 20.1. The van der Waals surface area contributed by atoms with Gasteiger partial charge in [0, 0.05) is 6.54 Å². The number of esters is 1. The number of hydrogen-bond acceptors (Lipinski definition) is 4. The third-order valence-electron chi connectivity index (χ3n) is 5.96. The molecule has 1 spiro atoms. The fraction of sp³-hybridized carbons (Fsp3) is 0.571. The van der Waals surface area contributed by atoms with E-state index < -0.39 is 5.66 Å². The number of nitrogens with zero attached hydrogens (tertiary/aromatic N) is 2. The Balaban J connectivity index is 1.78. The largest absolute Gasteiger partial charge is 0.465 e. The number of methoxy groups -OCH3 is 1. The van der Waals surface area contributed by atoms with Crippen LogP contribution in [-0.4, -0.2) is 34.2 Å². The molecule has 146 valence electrons. The third kappa shape index (κ3) is 3.96. The highest BCUT2D eigenvalue weighted by molar-refractivity contribution is 9.19. The Bertz CT molecular complexity index is 757. The molecule has 1 aromatic rings. The molecule has 0 saturated heterocycles. The molecule has 1 heterocycles. The topological polar surface area (TPSA) is 59.0 Å². The highest BCUT2D eigenvalue weighted by Gasteiger charge is 2.49. The lowest BCUT2D eigenvalue weighted by Gasteiger charge is -2.44. The van der Waals surface area contributed by atoms with Gasteiger partial charge in [-0.05, 0) is 70.6 Å². The number of rotatable bonds is 3. The highest BCUT2D eigenvalue weighted by Crippen LogP contribution is 2.46. The van der Waals surface area contributed by atoms with Crippen LogP contribution in [-0.2, 0) is 16.1 Å². The smallest absolute Gasteiger partial charge is 0.337 e. The standard InChI is InChI=1S/C21H27BrN2O3/c1-20(2,3)16-9-11-21(12-10-16)23-17(22)18(25)24(21)13-14-5-7-15(8-6-14)19(26)27-4/h5-8,16H,9-13H2,1-4H3. The maximum absolute atomic E-state index is 12.8. The number of amides is 1. The lowest BCUT2D eigenvalue weighted by atomic mass is 9.69. The average molecular weight is 435 g/mol. The molecule has 0 aromatic heterocycles. The molecule has 1 aromatic carbocycles. The summed E-state index contributed by atoms with van der Waals surface area (Å²) in [4.78, 5) is 31.0. The van der Waals surface area contributed by atoms with Crippen molar-refractivity contribution in [3.8, 4) is 0 Å². The summed E-state index contributed by atoms with van der Waals surface area (Å²) < 4.78 is 5.16. The Morgan fingerprint density at radius 1 is 1.26 bits per heavy atom. The van der Waals surface area contributed by atoms with Crippen molar-refractivity contribution in [2.45, 2.75) is 58.7 Å². The van der Waals surface area contributed by atoms with Crippen LogP contribution in [0.15, 0.2) is 29.3 Å². The Hall–Kier alpha value is -1.69. The summed E-state index contributed by atoms with van der Waals surface area (Å²) in [6.45, 7) is 7.35. The van der Waals surface area contributed by atoms with Crippen LogP contribution in [0.4, 0.5) is 0 Å². The van der Waals surface area contributed by atoms with Gasteiger partial charge in [-0.2, -0.15) is 0 Å². The fourth-order valence-electron chi connectivity index (χ4n) is 4.18. The Morgan fingerprint density at radius 2 is 1.85 bits per heavy atom. The second-order valence-corrected chi connectivity index (χ2v) is 9.36. The SMILES string of the molecule is COC(=O)c1ccc(CN2C(=O)C(Br)=NC23CCC(C(C)(C)C)CC3)cc1. The Labute approximate surface area is 169 Å². The van der Waals surface area contributed by atoms with Crippen molar-refractivity contribution in [3.05, 3.63) is 35.4 Å². The van der Waals surface area contributed by atoms with Gasteiger partial charge in [0.15, 0.2) is 4.62 Å². The van der Waals surface area contributed by atoms with Crippen LogP contribution in [0, 0.1) is 11.3 Å². The van der Waals surface area contributed by atoms with Gasteiger partial charge in [0.05, 0.1) is 12.7 Å². The molecular weight excluding hydrogens is 408 g/mol. The summed E-state index contributed by atoms with van der Waals surface area (Å²) in [6, 6.07) is 7.22. The van der Waals surface area contributed by atoms with Crippen LogP contribution in [0.1, 0.15) is 62.4 Å². The minimum atomic E-state index is -0.446. The van der Waals surface area contributed by atoms with Crippen molar-refractivity contribution in [1.29, 1.82) is 0 Å². The van der Waals surface area contributed by atoms with E-state index in [0.717, 1.165) is 31.2 Å². The Morgan fingerprint density at radius 3 is 2.37 bits per heavy atom. The lowest BCUT2D eigenvalue weighted by Crippen LogP contribution is -2.49. The molecule has 1 saturated carbocycles. The van der Waals surface area contributed by atoms with Gasteiger partial charge in [0.1, 0.15) is 5.66 Å². The molecule has 6 heteroatoms. The van der Waals surface area contributed by atoms with E-state index in [9.17, 15) is 9.59 Å². The van der Waals surface area contributed by atoms with Gasteiger partial charge in [0.25, 0.3) is 5.91 Å². The van der Waals surface area contributed by atoms with Crippen LogP contribution in [0.2, 0.25) is 0 Å². The average Bonchev–Trinajstić information content (AvgIpc) is 2.85. The van der Waals surface area contributed by atoms with Crippen LogP contribution >= 0.6 is 15.9 Å². The molecule has 5 nitrogen and oxygen atoms in total. The summed E-state index contributed by atoms with van der Waals surface area (Å²) in [7, 11) is 1.37. The van der Waals surface area contributed by atoms with Gasteiger partial charge in [-0.1, -0.05) is 32.9 Å². The van der Waals surface area contributed by atoms with Crippen molar-refractivity contribution in [2.24, 2.45) is 16.3 Å². The quantitative estimate of drug-likeness (QED) is 0.655. The van der Waals surface area contributed by atoms with Gasteiger partial charge in [-0.15, -0.1) is 0 Å². The summed E-state index contributed by atoms with van der Waals surface area (Å²) in [5.74, 6) is 0.233. The van der Waals surface area contributed by atoms with Crippen molar-refractivity contribution >= 4 is 32.4 Å². The predicted octanol–water partition coefficient (Wildman–Crippen LogP) is 4.54. The van der Waals surface area contributed by atoms with E-state index in [-0.39, 0.29) is 17.3 Å². The number of hydrogen-bond donors (Lipinski definition) is 0. The zero-order valence-electron chi connectivity index (χ0n) is 16.4. The normalized spacial score (nSPS) is 25.7. The minimum absolute atomic E-state index is 0.0544. The van der Waals surface area contributed by atoms with E-state index in [1.165, 1.54) is 7.11 Å². The molecule has 3 rings (SSSR count). The zero-order chi connectivity index (χ0) is 19.8. The van der Waals surface area contributed by atoms with E-state index in [2.05, 4.69) is 36.7 Å². The van der Waals surface area contributed by atoms with Crippen LogP contribution in [0.25, 0.3) is 0 Å². The van der Waals surface area contributed by atoms with E-state index in [1.54, 1.807) is 12.1 Å². The van der Waals surface area contributed by atoms with E-state index in [4.69, 9.17) is 9.73 Å². The molecule has 0 atom stereocenters. The van der Waals surface area contributed by atoms with Gasteiger partial charge in [-0.3, -0.25) is 4.79 Å². The molecule has 0 N–H and O–H groups in total. The molecule has 0 bridgehead atoms. The summed E-state index contributed by atoms with van der Waals surface area (Å²) in [6.07, 6.45) is 3.91. The highest BCUT2D eigenvalue weighted by atomic mass is 79.9. The van der Waals surface area contributed by atoms with E-state index >= 15 is 0 Å². The first-order chi connectivity index (χ1) is 12.7. The van der Waals surface area contributed by atoms with Crippen LogP contribution in [0.5, 0.6) is 0 Å². The maximum Gasteiger partial charge on any atom is 0.337 e. The van der Waals surface area contributed by atoms with Crippen molar-refractivity contribution in [3.63, 3.8) is 0 Å². The second kappa shape index (κ2) is 7.38. The number of carbonyl (C=O) groups excluding carboxylic acids is 2. The second-order valence-electron chi connectivity index (χ2n) is 8.61. The fourth-order valence-corrected chi connectivity index (χ4v) is 4.73. The first-order valence-electron chi connectivity index (χ1n) is 9.41. The first-order valence-corrected chi connectivity index (χ1v) is 10.2. The van der Waals surface area contributed by atoms with Gasteiger partial charge < -0.3 is 9.64 Å². The molecule has 1 fully saturated rings. The molecular formula is C21H27BrN2O3. The van der Waals surface area contributed by atoms with Crippen molar-refractivity contribution < 1.29 is 14.3 Å². The number of ether oxygens (including phenoxy) is 1. The molecule has 1 amide bonds. The Kier molecular flexibility index (Phi) is 5.48. The molecule has 2 aliphatic rings. The van der Waals surface area contributed by atoms with E-state index in [0.29, 0.717) is 22.6 Å². The lowest BCUT2D eigenvalue weighted by molar-refractivity contribution is -0.130. The number of aliphatic imine (C=N–C) groups is 1. The predicted molar refractivity (Wildman–Crippen MR) is 109 cm³/mol. The van der Waals surface area contributed by atoms with Gasteiger partial charge in [0.2, 0.25) is 0 Å². The van der Waals surface area contributed by atoms with Crippen LogP contribution < -0.4 is 0 Å². The van der Waals surface area contributed by atoms with Crippen LogP contribution in [0.3, 0.4) is 0 Å². The van der Waals surface area contributed by atoms with E-state index in [1.807, 2.05) is 17.0 Å². The van der Waals surface area contributed by atoms with Gasteiger partial charge in [-0.25, -0.2) is 9.79 Å².